The molecule has 0 saturated carbocycles. The van der Waals surface area contributed by atoms with Crippen LogP contribution in [0.25, 0.3) is 10.9 Å². The zero-order valence-electron chi connectivity index (χ0n) is 16.8. The zero-order valence-corrected chi connectivity index (χ0v) is 17.7. The topological polar surface area (TPSA) is 133 Å². The molecule has 0 spiro atoms. The van der Waals surface area contributed by atoms with E-state index in [-0.39, 0.29) is 12.0 Å². The number of phosphoric ester groups is 1. The number of carbonyl (C=O) groups excluding carboxylic acids is 1. The molecule has 160 valence electrons. The number of fused-ring (bicyclic) bond motifs is 3. The van der Waals surface area contributed by atoms with E-state index in [2.05, 4.69) is 15.6 Å². The van der Waals surface area contributed by atoms with Gasteiger partial charge in [0.2, 0.25) is 0 Å². The number of H-pyrrole nitrogens is 1. The minimum atomic E-state index is -4.64. The predicted molar refractivity (Wildman–Crippen MR) is 110 cm³/mol. The van der Waals surface area contributed by atoms with Crippen LogP contribution >= 0.6 is 7.82 Å². The Balaban J connectivity index is 1.94. The number of phosphoric acid groups is 1. The third kappa shape index (κ3) is 5.58. The third-order valence-electron chi connectivity index (χ3n) is 4.84. The Morgan fingerprint density at radius 1 is 1.38 bits per heavy atom. The second-order valence-electron chi connectivity index (χ2n) is 7.55. The van der Waals surface area contributed by atoms with Gasteiger partial charge in [-0.05, 0) is 69.5 Å². The Hall–Kier alpha value is -1.90. The SMILES string of the molecule is CCNCC1Cc2c([nH]c3ccc(NC(=O)OC(C)C)cc23)C(OP(=O)(O)O)C1. The Labute approximate surface area is 169 Å². The first-order valence-electron chi connectivity index (χ1n) is 9.73. The largest absolute Gasteiger partial charge is 0.470 e. The van der Waals surface area contributed by atoms with Gasteiger partial charge in [0.25, 0.3) is 0 Å². The van der Waals surface area contributed by atoms with E-state index in [0.29, 0.717) is 17.8 Å². The number of amides is 1. The van der Waals surface area contributed by atoms with Gasteiger partial charge >= 0.3 is 13.9 Å². The molecule has 1 aliphatic rings. The molecule has 2 atom stereocenters. The lowest BCUT2D eigenvalue weighted by atomic mass is 9.84. The van der Waals surface area contributed by atoms with Crippen LogP contribution in [0.15, 0.2) is 18.2 Å². The maximum atomic E-state index is 11.9. The van der Waals surface area contributed by atoms with E-state index < -0.39 is 20.0 Å². The van der Waals surface area contributed by atoms with E-state index in [0.717, 1.165) is 36.0 Å². The molecule has 1 amide bonds. The molecule has 1 aliphatic carbocycles. The van der Waals surface area contributed by atoms with E-state index in [4.69, 9.17) is 9.26 Å². The molecule has 0 bridgehead atoms. The van der Waals surface area contributed by atoms with E-state index >= 15 is 0 Å². The summed E-state index contributed by atoms with van der Waals surface area (Å²) in [5.41, 5.74) is 3.04. The summed E-state index contributed by atoms with van der Waals surface area (Å²) in [5.74, 6) is 0.167. The first-order chi connectivity index (χ1) is 13.7. The van der Waals surface area contributed by atoms with Crippen molar-refractivity contribution in [3.63, 3.8) is 0 Å². The van der Waals surface area contributed by atoms with Crippen LogP contribution in [-0.2, 0) is 20.2 Å². The van der Waals surface area contributed by atoms with Crippen molar-refractivity contribution in [1.29, 1.82) is 0 Å². The summed E-state index contributed by atoms with van der Waals surface area (Å²) in [4.78, 5) is 33.8. The molecule has 1 aromatic carbocycles. The monoisotopic (exact) mass is 425 g/mol. The fraction of sp³-hybridized carbons (Fsp3) is 0.526. The van der Waals surface area contributed by atoms with Gasteiger partial charge in [-0.25, -0.2) is 9.36 Å². The number of nitrogens with one attached hydrogen (secondary N) is 3. The number of anilines is 1. The lowest BCUT2D eigenvalue weighted by Crippen LogP contribution is -2.29. The highest BCUT2D eigenvalue weighted by Gasteiger charge is 2.34. The lowest BCUT2D eigenvalue weighted by molar-refractivity contribution is 0.102. The number of hydrogen-bond acceptors (Lipinski definition) is 5. The number of hydrogen-bond donors (Lipinski definition) is 5. The molecule has 5 N–H and O–H groups in total. The predicted octanol–water partition coefficient (Wildman–Crippen LogP) is 3.45. The summed E-state index contributed by atoms with van der Waals surface area (Å²) < 4.78 is 21.7. The van der Waals surface area contributed by atoms with Crippen molar-refractivity contribution in [2.75, 3.05) is 18.4 Å². The van der Waals surface area contributed by atoms with Gasteiger partial charge in [0.15, 0.2) is 0 Å². The number of carbonyl (C=O) groups is 1. The smallest absolute Gasteiger partial charge is 0.447 e. The van der Waals surface area contributed by atoms with Crippen LogP contribution in [-0.4, -0.2) is 40.1 Å². The van der Waals surface area contributed by atoms with E-state index in [1.807, 2.05) is 19.1 Å². The lowest BCUT2D eigenvalue weighted by Gasteiger charge is -2.29. The van der Waals surface area contributed by atoms with Gasteiger partial charge in [-0.2, -0.15) is 0 Å². The summed E-state index contributed by atoms with van der Waals surface area (Å²) in [6.07, 6.45) is -0.238. The van der Waals surface area contributed by atoms with E-state index in [1.54, 1.807) is 19.9 Å². The highest BCUT2D eigenvalue weighted by atomic mass is 31.2. The first kappa shape index (κ1) is 21.8. The summed E-state index contributed by atoms with van der Waals surface area (Å²) >= 11 is 0. The zero-order chi connectivity index (χ0) is 21.2. The average molecular weight is 425 g/mol. The first-order valence-corrected chi connectivity index (χ1v) is 11.3. The van der Waals surface area contributed by atoms with Gasteiger partial charge in [0, 0.05) is 22.3 Å². The van der Waals surface area contributed by atoms with Gasteiger partial charge in [-0.1, -0.05) is 6.92 Å². The van der Waals surface area contributed by atoms with Crippen molar-refractivity contribution >= 4 is 30.5 Å². The molecule has 2 aromatic rings. The molecule has 9 nitrogen and oxygen atoms in total. The molecule has 0 aliphatic heterocycles. The number of aromatic nitrogens is 1. The van der Waals surface area contributed by atoms with Gasteiger partial charge in [-0.3, -0.25) is 9.84 Å². The third-order valence-corrected chi connectivity index (χ3v) is 5.37. The minimum absolute atomic E-state index is 0.167. The van der Waals surface area contributed by atoms with Crippen LogP contribution in [0.3, 0.4) is 0 Å². The normalized spacial score (nSPS) is 19.4. The number of ether oxygens (including phenoxy) is 1. The fourth-order valence-electron chi connectivity index (χ4n) is 3.76. The van der Waals surface area contributed by atoms with Gasteiger partial charge in [0.05, 0.1) is 6.10 Å². The van der Waals surface area contributed by atoms with Crippen molar-refractivity contribution in [2.45, 2.75) is 45.8 Å². The number of aromatic amines is 1. The Bertz CT molecular complexity index is 922. The van der Waals surface area contributed by atoms with Gasteiger partial charge in [0.1, 0.15) is 6.10 Å². The van der Waals surface area contributed by atoms with Crippen LogP contribution in [0, 0.1) is 5.92 Å². The maximum absolute atomic E-state index is 11.9. The van der Waals surface area contributed by atoms with Crippen molar-refractivity contribution in [3.05, 3.63) is 29.5 Å². The molecular formula is C19H28N3O6P. The Morgan fingerprint density at radius 3 is 2.79 bits per heavy atom. The minimum Gasteiger partial charge on any atom is -0.447 e. The molecule has 0 fully saturated rings. The van der Waals surface area contributed by atoms with Gasteiger partial charge < -0.3 is 24.8 Å². The molecule has 1 aromatic heterocycles. The molecule has 10 heteroatoms. The fourth-order valence-corrected chi connectivity index (χ4v) is 4.28. The molecule has 0 saturated heterocycles. The molecule has 3 rings (SSSR count). The number of rotatable bonds is 7. The molecule has 29 heavy (non-hydrogen) atoms. The molecular weight excluding hydrogens is 397 g/mol. The van der Waals surface area contributed by atoms with Crippen molar-refractivity contribution in [1.82, 2.24) is 10.3 Å². The Morgan fingerprint density at radius 2 is 2.14 bits per heavy atom. The van der Waals surface area contributed by atoms with Crippen LogP contribution in [0.5, 0.6) is 0 Å². The van der Waals surface area contributed by atoms with Crippen LogP contribution in [0.2, 0.25) is 0 Å². The second kappa shape index (κ2) is 8.85. The molecule has 1 heterocycles. The highest BCUT2D eigenvalue weighted by molar-refractivity contribution is 7.46. The Kier molecular flexibility index (Phi) is 6.65. The summed E-state index contributed by atoms with van der Waals surface area (Å²) in [5, 5.41) is 6.90. The quantitative estimate of drug-likeness (QED) is 0.429. The summed E-state index contributed by atoms with van der Waals surface area (Å²) in [6, 6.07) is 5.42. The van der Waals surface area contributed by atoms with Gasteiger partial charge in [-0.15, -0.1) is 0 Å². The van der Waals surface area contributed by atoms with Crippen LogP contribution < -0.4 is 10.6 Å². The van der Waals surface area contributed by atoms with Crippen molar-refractivity contribution in [3.8, 4) is 0 Å². The number of benzene rings is 1. The maximum Gasteiger partial charge on any atom is 0.470 e. The molecule has 2 unspecified atom stereocenters. The average Bonchev–Trinajstić information content (AvgIpc) is 2.96. The van der Waals surface area contributed by atoms with Crippen LogP contribution in [0.1, 0.15) is 44.6 Å². The van der Waals surface area contributed by atoms with Crippen LogP contribution in [0.4, 0.5) is 10.5 Å². The standard InChI is InChI=1S/C19H28N3O6P/c1-4-20-10-12-7-15-14-9-13(21-19(23)27-11(2)3)5-6-16(14)22-18(15)17(8-12)28-29(24,25)26/h5-6,9,11-12,17,20,22H,4,7-8,10H2,1-3H3,(H,21,23)(H2,24,25,26). The van der Waals surface area contributed by atoms with E-state index in [9.17, 15) is 19.1 Å². The van der Waals surface area contributed by atoms with E-state index in [1.165, 1.54) is 0 Å². The summed E-state index contributed by atoms with van der Waals surface area (Å²) in [6.45, 7) is 7.10. The molecule has 0 radical (unpaired) electrons. The van der Waals surface area contributed by atoms with Crippen molar-refractivity contribution in [2.24, 2.45) is 5.92 Å². The summed E-state index contributed by atoms with van der Waals surface area (Å²) in [7, 11) is -4.64. The van der Waals surface area contributed by atoms with Crippen molar-refractivity contribution < 1.29 is 28.4 Å². The second-order valence-corrected chi connectivity index (χ2v) is 8.75. The highest BCUT2D eigenvalue weighted by Crippen LogP contribution is 2.48.